The minimum Gasteiger partial charge on any atom is -0.464 e. The SMILES string of the molecule is CC(C)CCCCCOC(=O)[C](C(=O)OCCCCCC(C)C)C(=O)OCCCCCC(C)C. The van der Waals surface area contributed by atoms with E-state index < -0.39 is 23.8 Å². The Morgan fingerprint density at radius 3 is 0.941 bits per heavy atom. The molecule has 0 spiro atoms. The molecule has 0 aromatic carbocycles. The topological polar surface area (TPSA) is 78.9 Å². The molecular weight excluding hydrogens is 432 g/mol. The summed E-state index contributed by atoms with van der Waals surface area (Å²) in [6, 6.07) is 0. The first-order valence-corrected chi connectivity index (χ1v) is 13.5. The molecule has 0 aromatic rings. The Hall–Kier alpha value is -1.59. The van der Waals surface area contributed by atoms with Crippen molar-refractivity contribution >= 4 is 17.9 Å². The second kappa shape index (κ2) is 20.8. The van der Waals surface area contributed by atoms with Gasteiger partial charge >= 0.3 is 17.9 Å². The Morgan fingerprint density at radius 2 is 0.706 bits per heavy atom. The van der Waals surface area contributed by atoms with Crippen molar-refractivity contribution in [2.75, 3.05) is 19.8 Å². The van der Waals surface area contributed by atoms with E-state index in [-0.39, 0.29) is 19.8 Å². The number of unbranched alkanes of at least 4 members (excludes halogenated alkanes) is 6. The first kappa shape index (κ1) is 32.4. The number of hydrogen-bond acceptors (Lipinski definition) is 6. The second-order valence-corrected chi connectivity index (χ2v) is 10.5. The highest BCUT2D eigenvalue weighted by Gasteiger charge is 2.40. The molecule has 0 N–H and O–H groups in total. The van der Waals surface area contributed by atoms with Gasteiger partial charge in [-0.1, -0.05) is 99.3 Å². The van der Waals surface area contributed by atoms with Crippen LogP contribution in [0.5, 0.6) is 0 Å². The lowest BCUT2D eigenvalue weighted by Gasteiger charge is -2.14. The molecule has 0 atom stereocenters. The maximum atomic E-state index is 12.5. The Kier molecular flexibility index (Phi) is 19.8. The van der Waals surface area contributed by atoms with Gasteiger partial charge in [0, 0.05) is 0 Å². The van der Waals surface area contributed by atoms with Crippen molar-refractivity contribution in [2.24, 2.45) is 17.8 Å². The van der Waals surface area contributed by atoms with Crippen LogP contribution in [0.15, 0.2) is 0 Å². The van der Waals surface area contributed by atoms with Crippen molar-refractivity contribution in [3.05, 3.63) is 5.92 Å². The summed E-state index contributed by atoms with van der Waals surface area (Å²) < 4.78 is 15.7. The van der Waals surface area contributed by atoms with Crippen molar-refractivity contribution in [1.82, 2.24) is 0 Å². The predicted octanol–water partition coefficient (Wildman–Crippen LogP) is 6.84. The summed E-state index contributed by atoms with van der Waals surface area (Å²) in [5.74, 6) is -1.56. The van der Waals surface area contributed by atoms with Gasteiger partial charge in [-0.25, -0.2) is 0 Å². The highest BCUT2D eigenvalue weighted by atomic mass is 16.6. The molecule has 0 fully saturated rings. The number of hydrogen-bond donors (Lipinski definition) is 0. The molecule has 6 nitrogen and oxygen atoms in total. The van der Waals surface area contributed by atoms with Crippen LogP contribution in [0, 0.1) is 23.7 Å². The van der Waals surface area contributed by atoms with Gasteiger partial charge in [0.15, 0.2) is 0 Å². The monoisotopic (exact) mass is 483 g/mol. The van der Waals surface area contributed by atoms with Crippen LogP contribution in [0.2, 0.25) is 0 Å². The maximum absolute atomic E-state index is 12.5. The van der Waals surface area contributed by atoms with E-state index in [0.29, 0.717) is 37.0 Å². The standard InChI is InChI=1S/C28H51O6/c1-22(2)16-10-7-13-19-32-26(29)25(27(30)33-20-14-8-11-17-23(3)4)28(31)34-21-15-9-12-18-24(5)6/h22-24H,7-21H2,1-6H3. The van der Waals surface area contributed by atoms with Crippen molar-refractivity contribution in [3.8, 4) is 0 Å². The smallest absolute Gasteiger partial charge is 0.337 e. The summed E-state index contributed by atoms with van der Waals surface area (Å²) in [7, 11) is 0. The number of ether oxygens (including phenoxy) is 3. The summed E-state index contributed by atoms with van der Waals surface area (Å²) >= 11 is 0. The zero-order chi connectivity index (χ0) is 25.8. The van der Waals surface area contributed by atoms with Crippen LogP contribution in [0.25, 0.3) is 0 Å². The van der Waals surface area contributed by atoms with Gasteiger partial charge in [-0.05, 0) is 37.0 Å². The molecule has 0 aliphatic heterocycles. The Labute approximate surface area is 208 Å². The van der Waals surface area contributed by atoms with Crippen molar-refractivity contribution in [3.63, 3.8) is 0 Å². The number of carbonyl (C=O) groups is 3. The van der Waals surface area contributed by atoms with Crippen molar-refractivity contribution in [1.29, 1.82) is 0 Å². The summed E-state index contributed by atoms with van der Waals surface area (Å²) in [5.41, 5.74) is 0. The molecule has 0 rings (SSSR count). The average molecular weight is 484 g/mol. The van der Waals surface area contributed by atoms with E-state index in [1.807, 2.05) is 0 Å². The normalized spacial score (nSPS) is 11.5. The van der Waals surface area contributed by atoms with E-state index >= 15 is 0 Å². The fraction of sp³-hybridized carbons (Fsp3) is 0.857. The number of esters is 3. The van der Waals surface area contributed by atoms with E-state index in [2.05, 4.69) is 41.5 Å². The molecule has 0 saturated heterocycles. The quantitative estimate of drug-likeness (QED) is 0.0769. The molecule has 0 aliphatic carbocycles. The Morgan fingerprint density at radius 1 is 0.441 bits per heavy atom. The molecule has 0 heterocycles. The van der Waals surface area contributed by atoms with Gasteiger partial charge < -0.3 is 14.2 Å². The summed E-state index contributed by atoms with van der Waals surface area (Å²) in [6.07, 6.45) is 11.4. The van der Waals surface area contributed by atoms with Crippen molar-refractivity contribution in [2.45, 2.75) is 119 Å². The third-order valence-electron chi connectivity index (χ3n) is 5.59. The number of rotatable bonds is 21. The summed E-state index contributed by atoms with van der Waals surface area (Å²) in [6.45, 7) is 13.6. The van der Waals surface area contributed by atoms with Gasteiger partial charge in [-0.2, -0.15) is 0 Å². The van der Waals surface area contributed by atoms with Crippen molar-refractivity contribution < 1.29 is 28.6 Å². The molecule has 34 heavy (non-hydrogen) atoms. The first-order chi connectivity index (χ1) is 16.1. The van der Waals surface area contributed by atoms with Crippen LogP contribution in [0.1, 0.15) is 119 Å². The van der Waals surface area contributed by atoms with Crippen LogP contribution in [0.4, 0.5) is 0 Å². The van der Waals surface area contributed by atoms with Crippen LogP contribution in [-0.2, 0) is 28.6 Å². The minimum absolute atomic E-state index is 0.172. The molecule has 0 amide bonds. The predicted molar refractivity (Wildman–Crippen MR) is 136 cm³/mol. The third-order valence-corrected chi connectivity index (χ3v) is 5.59. The highest BCUT2D eigenvalue weighted by Crippen LogP contribution is 2.14. The summed E-state index contributed by atoms with van der Waals surface area (Å²) in [5, 5.41) is 0. The lowest BCUT2D eigenvalue weighted by Crippen LogP contribution is -2.34. The van der Waals surface area contributed by atoms with Gasteiger partial charge in [-0.3, -0.25) is 14.4 Å². The molecule has 6 heteroatoms. The molecule has 0 bridgehead atoms. The molecule has 0 unspecified atom stereocenters. The second-order valence-electron chi connectivity index (χ2n) is 10.5. The maximum Gasteiger partial charge on any atom is 0.337 e. The van der Waals surface area contributed by atoms with Gasteiger partial charge in [0.25, 0.3) is 5.92 Å². The van der Waals surface area contributed by atoms with Crippen LogP contribution in [-0.4, -0.2) is 37.7 Å². The molecule has 199 valence electrons. The zero-order valence-electron chi connectivity index (χ0n) is 22.8. The van der Waals surface area contributed by atoms with Gasteiger partial charge in [0.2, 0.25) is 0 Å². The molecular formula is C28H51O6. The van der Waals surface area contributed by atoms with E-state index in [4.69, 9.17) is 14.2 Å². The van der Waals surface area contributed by atoms with Gasteiger partial charge in [-0.15, -0.1) is 0 Å². The fourth-order valence-electron chi connectivity index (χ4n) is 3.46. The van der Waals surface area contributed by atoms with E-state index in [0.717, 1.165) is 57.8 Å². The lowest BCUT2D eigenvalue weighted by molar-refractivity contribution is -0.159. The van der Waals surface area contributed by atoms with E-state index in [1.165, 1.54) is 0 Å². The van der Waals surface area contributed by atoms with Crippen LogP contribution < -0.4 is 0 Å². The Balaban J connectivity index is 4.57. The van der Waals surface area contributed by atoms with Gasteiger partial charge in [0.1, 0.15) is 0 Å². The summed E-state index contributed by atoms with van der Waals surface area (Å²) in [4.78, 5) is 37.6. The van der Waals surface area contributed by atoms with E-state index in [9.17, 15) is 14.4 Å². The largest absolute Gasteiger partial charge is 0.464 e. The minimum atomic E-state index is -0.946. The zero-order valence-corrected chi connectivity index (χ0v) is 22.8. The van der Waals surface area contributed by atoms with Crippen LogP contribution in [0.3, 0.4) is 0 Å². The highest BCUT2D eigenvalue weighted by molar-refractivity contribution is 6.28. The molecule has 1 radical (unpaired) electrons. The lowest BCUT2D eigenvalue weighted by atomic mass is 10.1. The van der Waals surface area contributed by atoms with Crippen LogP contribution >= 0.6 is 0 Å². The molecule has 0 aliphatic rings. The van der Waals surface area contributed by atoms with E-state index in [1.54, 1.807) is 0 Å². The molecule has 0 saturated carbocycles. The Bertz CT molecular complexity index is 465. The number of carbonyl (C=O) groups excluding carboxylic acids is 3. The fourth-order valence-corrected chi connectivity index (χ4v) is 3.46. The molecule has 0 aromatic heterocycles. The first-order valence-electron chi connectivity index (χ1n) is 13.5. The third kappa shape index (κ3) is 18.8. The van der Waals surface area contributed by atoms with Gasteiger partial charge in [0.05, 0.1) is 19.8 Å². The average Bonchev–Trinajstić information content (AvgIpc) is 2.75.